The fraction of sp³-hybridized carbons (Fsp3) is 0.857. The number of halogens is 1. The first-order valence-corrected chi connectivity index (χ1v) is 4.80. The average molecular weight is 272 g/mol. The number of carbonyl (C=O) groups excluding carboxylic acids is 1. The predicted octanol–water partition coefficient (Wildman–Crippen LogP) is 2.58. The Kier molecular flexibility index (Phi) is 5.62. The minimum Gasteiger partial charge on any atom is -0.435 e. The zero-order valence-electron chi connectivity index (χ0n) is 6.96. The molecule has 0 aliphatic heterocycles. The molecule has 0 saturated carbocycles. The molecule has 11 heavy (non-hydrogen) atoms. The zero-order valence-corrected chi connectivity index (χ0v) is 9.12. The number of carbonyl (C=O) groups is 1. The maximum atomic E-state index is 10.7. The molecule has 0 aromatic carbocycles. The molecule has 0 N–H and O–H groups in total. The van der Waals surface area contributed by atoms with Gasteiger partial charge in [0.2, 0.25) is 0 Å². The Morgan fingerprint density at radius 3 is 2.45 bits per heavy atom. The van der Waals surface area contributed by atoms with Crippen molar-refractivity contribution in [3.63, 3.8) is 0 Å². The van der Waals surface area contributed by atoms with Gasteiger partial charge >= 0.3 is 6.16 Å². The largest absolute Gasteiger partial charge is 0.509 e. The van der Waals surface area contributed by atoms with Crippen molar-refractivity contribution in [2.75, 3.05) is 6.61 Å². The molecule has 0 aliphatic rings. The van der Waals surface area contributed by atoms with Gasteiger partial charge in [-0.3, -0.25) is 0 Å². The zero-order chi connectivity index (χ0) is 8.85. The number of rotatable bonds is 3. The summed E-state index contributed by atoms with van der Waals surface area (Å²) in [6, 6.07) is 0. The van der Waals surface area contributed by atoms with E-state index in [4.69, 9.17) is 4.74 Å². The van der Waals surface area contributed by atoms with Crippen molar-refractivity contribution in [3.8, 4) is 0 Å². The molecule has 0 radical (unpaired) electrons. The molecule has 66 valence electrons. The summed E-state index contributed by atoms with van der Waals surface area (Å²) in [6.07, 6.45) is -0.583. The van der Waals surface area contributed by atoms with Gasteiger partial charge in [0.15, 0.2) is 4.11 Å². The standard InChI is InChI=1S/C7H13IO3/c1-4-10-7(9)11-6(8)5(2)3/h5-6H,4H2,1-3H3. The van der Waals surface area contributed by atoms with Gasteiger partial charge in [0.05, 0.1) is 6.61 Å². The van der Waals surface area contributed by atoms with Crippen LogP contribution in [-0.2, 0) is 9.47 Å². The van der Waals surface area contributed by atoms with E-state index in [2.05, 4.69) is 27.3 Å². The van der Waals surface area contributed by atoms with E-state index >= 15 is 0 Å². The van der Waals surface area contributed by atoms with Crippen LogP contribution in [0.4, 0.5) is 4.79 Å². The van der Waals surface area contributed by atoms with Crippen molar-refractivity contribution < 1.29 is 14.3 Å². The first-order chi connectivity index (χ1) is 5.07. The van der Waals surface area contributed by atoms with Gasteiger partial charge in [0, 0.05) is 0 Å². The molecule has 0 aliphatic carbocycles. The lowest BCUT2D eigenvalue weighted by atomic mass is 10.2. The molecule has 0 heterocycles. The topological polar surface area (TPSA) is 35.5 Å². The molecular weight excluding hydrogens is 259 g/mol. The number of alkyl halides is 1. The van der Waals surface area contributed by atoms with Crippen LogP contribution in [-0.4, -0.2) is 16.9 Å². The van der Waals surface area contributed by atoms with Crippen molar-refractivity contribution in [2.24, 2.45) is 5.92 Å². The van der Waals surface area contributed by atoms with Crippen LogP contribution in [0.1, 0.15) is 20.8 Å². The van der Waals surface area contributed by atoms with Gasteiger partial charge in [-0.05, 0) is 35.4 Å². The van der Waals surface area contributed by atoms with E-state index in [0.717, 1.165) is 0 Å². The highest BCUT2D eigenvalue weighted by atomic mass is 127. The molecule has 0 fully saturated rings. The monoisotopic (exact) mass is 272 g/mol. The van der Waals surface area contributed by atoms with Crippen LogP contribution in [0.2, 0.25) is 0 Å². The quantitative estimate of drug-likeness (QED) is 0.450. The maximum absolute atomic E-state index is 10.7. The van der Waals surface area contributed by atoms with Crippen LogP contribution in [0.3, 0.4) is 0 Å². The lowest BCUT2D eigenvalue weighted by Crippen LogP contribution is -2.18. The Bertz CT molecular complexity index is 125. The van der Waals surface area contributed by atoms with E-state index < -0.39 is 6.16 Å². The predicted molar refractivity (Wildman–Crippen MR) is 50.8 cm³/mol. The second-order valence-electron chi connectivity index (χ2n) is 2.40. The molecular formula is C7H13IO3. The molecule has 0 aromatic heterocycles. The second kappa shape index (κ2) is 5.62. The highest BCUT2D eigenvalue weighted by molar-refractivity contribution is 14.1. The Morgan fingerprint density at radius 1 is 1.55 bits per heavy atom. The summed E-state index contributed by atoms with van der Waals surface area (Å²) in [5, 5.41) is 0. The third-order valence-electron chi connectivity index (χ3n) is 0.995. The Labute approximate surface area is 80.6 Å². The van der Waals surface area contributed by atoms with Crippen LogP contribution in [0.25, 0.3) is 0 Å². The van der Waals surface area contributed by atoms with Gasteiger partial charge in [-0.15, -0.1) is 0 Å². The number of ether oxygens (including phenoxy) is 2. The van der Waals surface area contributed by atoms with E-state index in [-0.39, 0.29) is 4.11 Å². The van der Waals surface area contributed by atoms with Gasteiger partial charge < -0.3 is 9.47 Å². The van der Waals surface area contributed by atoms with Gasteiger partial charge in [-0.1, -0.05) is 13.8 Å². The van der Waals surface area contributed by atoms with Gasteiger partial charge in [0.1, 0.15) is 0 Å². The molecule has 1 unspecified atom stereocenters. The van der Waals surface area contributed by atoms with Crippen LogP contribution >= 0.6 is 22.6 Å². The summed E-state index contributed by atoms with van der Waals surface area (Å²) in [5.41, 5.74) is 0. The van der Waals surface area contributed by atoms with E-state index in [1.807, 2.05) is 13.8 Å². The molecule has 0 bridgehead atoms. The molecule has 0 rings (SSSR count). The summed E-state index contributed by atoms with van der Waals surface area (Å²) < 4.78 is 9.37. The van der Waals surface area contributed by atoms with Crippen LogP contribution in [0.5, 0.6) is 0 Å². The van der Waals surface area contributed by atoms with E-state index in [9.17, 15) is 4.79 Å². The second-order valence-corrected chi connectivity index (χ2v) is 3.62. The highest BCUT2D eigenvalue weighted by Gasteiger charge is 2.14. The van der Waals surface area contributed by atoms with Crippen molar-refractivity contribution in [1.29, 1.82) is 0 Å². The maximum Gasteiger partial charge on any atom is 0.509 e. The Morgan fingerprint density at radius 2 is 2.09 bits per heavy atom. The van der Waals surface area contributed by atoms with Crippen molar-refractivity contribution in [2.45, 2.75) is 24.9 Å². The average Bonchev–Trinajstić information content (AvgIpc) is 1.87. The fourth-order valence-corrected chi connectivity index (χ4v) is 0.587. The van der Waals surface area contributed by atoms with Crippen LogP contribution < -0.4 is 0 Å². The Balaban J connectivity index is 3.57. The van der Waals surface area contributed by atoms with Gasteiger partial charge in [0.25, 0.3) is 0 Å². The summed E-state index contributed by atoms with van der Waals surface area (Å²) in [6.45, 7) is 6.08. The molecule has 0 saturated heterocycles. The fourth-order valence-electron chi connectivity index (χ4n) is 0.380. The van der Waals surface area contributed by atoms with Crippen molar-refractivity contribution >= 4 is 28.7 Å². The summed E-state index contributed by atoms with van der Waals surface area (Å²) >= 11 is 2.06. The SMILES string of the molecule is CCOC(=O)OC(I)C(C)C. The Hall–Kier alpha value is 0. The van der Waals surface area contributed by atoms with Gasteiger partial charge in [-0.25, -0.2) is 4.79 Å². The third-order valence-corrected chi connectivity index (χ3v) is 2.69. The highest BCUT2D eigenvalue weighted by Crippen LogP contribution is 2.14. The molecule has 0 aromatic rings. The minimum absolute atomic E-state index is 0.105. The van der Waals surface area contributed by atoms with E-state index in [1.54, 1.807) is 6.92 Å². The summed E-state index contributed by atoms with van der Waals surface area (Å²) in [4.78, 5) is 10.7. The normalized spacial score (nSPS) is 12.8. The molecule has 0 spiro atoms. The van der Waals surface area contributed by atoms with E-state index in [0.29, 0.717) is 12.5 Å². The number of hydrogen-bond acceptors (Lipinski definition) is 3. The van der Waals surface area contributed by atoms with Crippen LogP contribution in [0.15, 0.2) is 0 Å². The van der Waals surface area contributed by atoms with Crippen molar-refractivity contribution in [3.05, 3.63) is 0 Å². The molecule has 3 nitrogen and oxygen atoms in total. The minimum atomic E-state index is -0.583. The first kappa shape index (κ1) is 11.0. The lowest BCUT2D eigenvalue weighted by molar-refractivity contribution is 0.0453. The molecule has 0 amide bonds. The summed E-state index contributed by atoms with van der Waals surface area (Å²) in [7, 11) is 0. The molecule has 4 heteroatoms. The lowest BCUT2D eigenvalue weighted by Gasteiger charge is -2.13. The van der Waals surface area contributed by atoms with Gasteiger partial charge in [-0.2, -0.15) is 0 Å². The third kappa shape index (κ3) is 5.29. The molecule has 1 atom stereocenters. The van der Waals surface area contributed by atoms with Crippen molar-refractivity contribution in [1.82, 2.24) is 0 Å². The van der Waals surface area contributed by atoms with E-state index in [1.165, 1.54) is 0 Å². The number of hydrogen-bond donors (Lipinski definition) is 0. The smallest absolute Gasteiger partial charge is 0.435 e. The first-order valence-electron chi connectivity index (χ1n) is 3.55. The van der Waals surface area contributed by atoms with Crippen LogP contribution in [0, 0.1) is 5.92 Å². The summed E-state index contributed by atoms with van der Waals surface area (Å²) in [5.74, 6) is 0.319.